The highest BCUT2D eigenvalue weighted by molar-refractivity contribution is 6.31. The Kier molecular flexibility index (Phi) is 3.86. The van der Waals surface area contributed by atoms with Gasteiger partial charge in [-0.2, -0.15) is 0 Å². The third-order valence-corrected chi connectivity index (χ3v) is 4.38. The number of halogens is 3. The molecule has 0 unspecified atom stereocenters. The second kappa shape index (κ2) is 6.06. The van der Waals surface area contributed by atoms with Crippen molar-refractivity contribution in [1.29, 1.82) is 0 Å². The minimum absolute atomic E-state index is 0.175. The first-order valence-electron chi connectivity index (χ1n) is 7.65. The maximum atomic E-state index is 14.4. The fraction of sp³-hybridized carbons (Fsp3) is 0.111. The van der Waals surface area contributed by atoms with Gasteiger partial charge in [0.2, 0.25) is 0 Å². The normalized spacial score (nSPS) is 13.0. The van der Waals surface area contributed by atoms with Crippen LogP contribution < -0.4 is 5.73 Å². The second-order valence-corrected chi connectivity index (χ2v) is 6.06. The zero-order valence-electron chi connectivity index (χ0n) is 13.0. The van der Waals surface area contributed by atoms with Crippen LogP contribution in [0.5, 0.6) is 0 Å². The van der Waals surface area contributed by atoms with Crippen LogP contribution in [0.2, 0.25) is 5.02 Å². The van der Waals surface area contributed by atoms with Crippen molar-refractivity contribution in [3.05, 3.63) is 81.9 Å². The lowest BCUT2D eigenvalue weighted by Crippen LogP contribution is -2.13. The SMILES string of the molecule is NCc1cnc2n1-c1ccc(Cl)cc1C(c1c(F)cccc1F)=NC2. The van der Waals surface area contributed by atoms with Gasteiger partial charge >= 0.3 is 0 Å². The fourth-order valence-corrected chi connectivity index (χ4v) is 3.22. The van der Waals surface area contributed by atoms with Crippen molar-refractivity contribution in [1.82, 2.24) is 9.55 Å². The number of imidazole rings is 1. The van der Waals surface area contributed by atoms with Crippen LogP contribution in [0.1, 0.15) is 22.6 Å². The standard InChI is InChI=1S/C18H13ClF2N4/c19-10-4-5-15-12(6-10)18(17-13(20)2-1-3-14(17)21)24-9-16-23-8-11(7-22)25(15)16/h1-6,8H,7,9,22H2. The van der Waals surface area contributed by atoms with Crippen molar-refractivity contribution in [3.63, 3.8) is 0 Å². The molecule has 126 valence electrons. The molecule has 0 amide bonds. The molecule has 0 aliphatic carbocycles. The van der Waals surface area contributed by atoms with Crippen LogP contribution in [0, 0.1) is 11.6 Å². The number of hydrogen-bond donors (Lipinski definition) is 1. The summed E-state index contributed by atoms with van der Waals surface area (Å²) in [6.07, 6.45) is 1.68. The van der Waals surface area contributed by atoms with Gasteiger partial charge in [-0.25, -0.2) is 13.8 Å². The van der Waals surface area contributed by atoms with Crippen molar-refractivity contribution in [2.75, 3.05) is 0 Å². The van der Waals surface area contributed by atoms with E-state index in [-0.39, 0.29) is 24.4 Å². The lowest BCUT2D eigenvalue weighted by molar-refractivity contribution is 0.579. The van der Waals surface area contributed by atoms with Gasteiger partial charge in [0, 0.05) is 17.1 Å². The maximum absolute atomic E-state index is 14.4. The molecule has 25 heavy (non-hydrogen) atoms. The first-order chi connectivity index (χ1) is 12.1. The van der Waals surface area contributed by atoms with Crippen LogP contribution in [0.3, 0.4) is 0 Å². The molecule has 0 bridgehead atoms. The van der Waals surface area contributed by atoms with Crippen molar-refractivity contribution in [3.8, 4) is 5.69 Å². The Bertz CT molecular complexity index is 990. The number of rotatable bonds is 2. The lowest BCUT2D eigenvalue weighted by Gasteiger charge is -2.15. The second-order valence-electron chi connectivity index (χ2n) is 5.63. The molecule has 7 heteroatoms. The number of benzene rings is 2. The zero-order chi connectivity index (χ0) is 17.6. The molecule has 1 aliphatic rings. The van der Waals surface area contributed by atoms with Crippen LogP contribution in [-0.4, -0.2) is 15.3 Å². The Hall–Kier alpha value is -2.57. The molecule has 4 nitrogen and oxygen atoms in total. The van der Waals surface area contributed by atoms with E-state index in [1.807, 2.05) is 4.57 Å². The molecule has 3 aromatic rings. The Balaban J connectivity index is 2.03. The monoisotopic (exact) mass is 358 g/mol. The molecule has 0 spiro atoms. The topological polar surface area (TPSA) is 56.2 Å². The summed E-state index contributed by atoms with van der Waals surface area (Å²) >= 11 is 6.14. The van der Waals surface area contributed by atoms with Crippen LogP contribution in [0.15, 0.2) is 47.6 Å². The van der Waals surface area contributed by atoms with E-state index in [1.54, 1.807) is 24.4 Å². The molecule has 0 saturated heterocycles. The van der Waals surface area contributed by atoms with Crippen molar-refractivity contribution >= 4 is 17.3 Å². The van der Waals surface area contributed by atoms with E-state index in [4.69, 9.17) is 17.3 Å². The Morgan fingerprint density at radius 1 is 1.16 bits per heavy atom. The average molecular weight is 359 g/mol. The number of aliphatic imine (C=N–C) groups is 1. The third-order valence-electron chi connectivity index (χ3n) is 4.15. The summed E-state index contributed by atoms with van der Waals surface area (Å²) in [5, 5.41) is 0.445. The summed E-state index contributed by atoms with van der Waals surface area (Å²) in [4.78, 5) is 8.78. The van der Waals surface area contributed by atoms with Crippen LogP contribution in [0.25, 0.3) is 5.69 Å². The van der Waals surface area contributed by atoms with E-state index < -0.39 is 11.6 Å². The molecule has 2 N–H and O–H groups in total. The van der Waals surface area contributed by atoms with Gasteiger partial charge in [0.1, 0.15) is 17.5 Å². The van der Waals surface area contributed by atoms with Gasteiger partial charge in [0.05, 0.1) is 35.4 Å². The van der Waals surface area contributed by atoms with Gasteiger partial charge in [-0.05, 0) is 30.3 Å². The lowest BCUT2D eigenvalue weighted by atomic mass is 9.99. The van der Waals surface area contributed by atoms with E-state index in [9.17, 15) is 8.78 Å². The summed E-state index contributed by atoms with van der Waals surface area (Å²) in [5.74, 6) is -0.706. The van der Waals surface area contributed by atoms with E-state index in [0.29, 0.717) is 22.1 Å². The average Bonchev–Trinajstić information content (AvgIpc) is 2.93. The van der Waals surface area contributed by atoms with Gasteiger partial charge in [-0.15, -0.1) is 0 Å². The first-order valence-corrected chi connectivity index (χ1v) is 8.02. The molecule has 2 aromatic carbocycles. The molecule has 0 radical (unpaired) electrons. The minimum atomic E-state index is -0.678. The smallest absolute Gasteiger partial charge is 0.135 e. The van der Waals surface area contributed by atoms with Crippen molar-refractivity contribution in [2.45, 2.75) is 13.1 Å². The Morgan fingerprint density at radius 2 is 1.92 bits per heavy atom. The van der Waals surface area contributed by atoms with Crippen LogP contribution >= 0.6 is 11.6 Å². The number of aromatic nitrogens is 2. The largest absolute Gasteiger partial charge is 0.325 e. The van der Waals surface area contributed by atoms with Crippen molar-refractivity contribution in [2.24, 2.45) is 10.7 Å². The van der Waals surface area contributed by atoms with E-state index in [2.05, 4.69) is 9.98 Å². The minimum Gasteiger partial charge on any atom is -0.325 e. The number of hydrogen-bond acceptors (Lipinski definition) is 3. The van der Waals surface area contributed by atoms with Crippen LogP contribution in [0.4, 0.5) is 8.78 Å². The molecular formula is C18H13ClF2N4. The maximum Gasteiger partial charge on any atom is 0.135 e. The molecule has 0 saturated carbocycles. The number of nitrogens with zero attached hydrogens (tertiary/aromatic N) is 3. The highest BCUT2D eigenvalue weighted by Gasteiger charge is 2.25. The molecule has 1 aromatic heterocycles. The molecule has 2 heterocycles. The molecule has 1 aliphatic heterocycles. The summed E-state index contributed by atoms with van der Waals surface area (Å²) in [6, 6.07) is 8.88. The first kappa shape index (κ1) is 15.9. The predicted molar refractivity (Wildman–Crippen MR) is 92.2 cm³/mol. The zero-order valence-corrected chi connectivity index (χ0v) is 13.8. The summed E-state index contributed by atoms with van der Waals surface area (Å²) in [5.41, 5.74) is 7.84. The molecule has 4 rings (SSSR count). The Morgan fingerprint density at radius 3 is 2.64 bits per heavy atom. The van der Waals surface area contributed by atoms with Gasteiger partial charge < -0.3 is 5.73 Å². The summed E-state index contributed by atoms with van der Waals surface area (Å²) in [7, 11) is 0. The van der Waals surface area contributed by atoms with Gasteiger partial charge in [-0.3, -0.25) is 9.56 Å². The summed E-state index contributed by atoms with van der Waals surface area (Å²) < 4.78 is 30.6. The highest BCUT2D eigenvalue weighted by atomic mass is 35.5. The summed E-state index contributed by atoms with van der Waals surface area (Å²) in [6.45, 7) is 0.452. The number of nitrogens with two attached hydrogens (primary N) is 1. The van der Waals surface area contributed by atoms with E-state index >= 15 is 0 Å². The van der Waals surface area contributed by atoms with E-state index in [0.717, 1.165) is 5.69 Å². The van der Waals surface area contributed by atoms with Crippen molar-refractivity contribution < 1.29 is 8.78 Å². The van der Waals surface area contributed by atoms with Crippen LogP contribution in [-0.2, 0) is 13.1 Å². The van der Waals surface area contributed by atoms with Gasteiger partial charge in [0.15, 0.2) is 0 Å². The third kappa shape index (κ3) is 2.54. The van der Waals surface area contributed by atoms with E-state index in [1.165, 1.54) is 18.2 Å². The quantitative estimate of drug-likeness (QED) is 0.760. The molecule has 0 atom stereocenters. The number of fused-ring (bicyclic) bond motifs is 3. The highest BCUT2D eigenvalue weighted by Crippen LogP contribution is 2.30. The van der Waals surface area contributed by atoms with Gasteiger partial charge in [0.25, 0.3) is 0 Å². The predicted octanol–water partition coefficient (Wildman–Crippen LogP) is 3.61. The Labute approximate surface area is 147 Å². The molecule has 0 fully saturated rings. The molecular weight excluding hydrogens is 346 g/mol. The fourth-order valence-electron chi connectivity index (χ4n) is 3.05. The van der Waals surface area contributed by atoms with Gasteiger partial charge in [-0.1, -0.05) is 17.7 Å².